The number of aromatic nitrogens is 1. The van der Waals surface area contributed by atoms with E-state index in [1.165, 1.54) is 6.07 Å². The van der Waals surface area contributed by atoms with Crippen molar-refractivity contribution in [3.05, 3.63) is 29.6 Å². The third kappa shape index (κ3) is 4.54. The normalized spacial score (nSPS) is 13.1. The minimum absolute atomic E-state index is 0.0524. The van der Waals surface area contributed by atoms with Gasteiger partial charge in [-0.15, -0.1) is 0 Å². The Morgan fingerprint density at radius 1 is 0.909 bits per heavy atom. The van der Waals surface area contributed by atoms with Gasteiger partial charge >= 0.3 is 23.9 Å². The van der Waals surface area contributed by atoms with Crippen LogP contribution in [0.2, 0.25) is 0 Å². The Bertz CT molecular complexity index is 563. The number of pyridine rings is 1. The highest BCUT2D eigenvalue weighted by molar-refractivity contribution is 5.84. The van der Waals surface area contributed by atoms with Crippen LogP contribution in [0.25, 0.3) is 0 Å². The average Bonchev–Trinajstić information content (AvgIpc) is 2.41. The number of hydrogen-bond acceptors (Lipinski definition) is 5. The zero-order chi connectivity index (χ0) is 16.9. The average molecular weight is 311 g/mol. The van der Waals surface area contributed by atoms with Crippen molar-refractivity contribution in [1.82, 2.24) is 4.98 Å². The van der Waals surface area contributed by atoms with Crippen molar-refractivity contribution >= 4 is 23.9 Å². The van der Waals surface area contributed by atoms with Crippen molar-refractivity contribution in [2.75, 3.05) is 0 Å². The molecule has 22 heavy (non-hydrogen) atoms. The highest BCUT2D eigenvalue weighted by Crippen LogP contribution is 2.25. The molecule has 0 amide bonds. The molecule has 0 saturated carbocycles. The zero-order valence-electron chi connectivity index (χ0n) is 11.2. The van der Waals surface area contributed by atoms with Crippen molar-refractivity contribution in [2.45, 2.75) is 24.7 Å². The molecule has 0 aliphatic heterocycles. The third-order valence-electron chi connectivity index (χ3n) is 2.92. The van der Waals surface area contributed by atoms with Gasteiger partial charge in [0.1, 0.15) is 5.92 Å². The van der Waals surface area contributed by atoms with Gasteiger partial charge < -0.3 is 20.4 Å². The van der Waals surface area contributed by atoms with Gasteiger partial charge in [-0.05, 0) is 17.7 Å². The molecule has 0 aliphatic rings. The first-order valence-electron chi connectivity index (χ1n) is 6.07. The number of hydrogen-bond donors (Lipinski definition) is 4. The van der Waals surface area contributed by atoms with E-state index in [4.69, 9.17) is 20.4 Å². The summed E-state index contributed by atoms with van der Waals surface area (Å²) < 4.78 is 0. The fourth-order valence-corrected chi connectivity index (χ4v) is 1.89. The maximum Gasteiger partial charge on any atom is 0.313 e. The van der Waals surface area contributed by atoms with Gasteiger partial charge in [0.2, 0.25) is 0 Å². The van der Waals surface area contributed by atoms with E-state index >= 15 is 0 Å². The van der Waals surface area contributed by atoms with Crippen LogP contribution in [0.3, 0.4) is 0 Å². The molecule has 1 aromatic rings. The molecule has 0 spiro atoms. The highest BCUT2D eigenvalue weighted by Gasteiger charge is 2.28. The summed E-state index contributed by atoms with van der Waals surface area (Å²) in [5.41, 5.74) is -0.0828. The summed E-state index contributed by atoms with van der Waals surface area (Å²) in [5.74, 6) is -8.30. The number of carbonyl (C=O) groups is 4. The number of carboxylic acid groups (broad SMARTS) is 4. The number of carboxylic acids is 4. The van der Waals surface area contributed by atoms with Crippen LogP contribution in [-0.2, 0) is 19.2 Å². The lowest BCUT2D eigenvalue weighted by molar-refractivity contribution is -0.145. The van der Waals surface area contributed by atoms with Crippen LogP contribution in [0.15, 0.2) is 18.3 Å². The van der Waals surface area contributed by atoms with Gasteiger partial charge in [0.05, 0.1) is 24.5 Å². The molecular weight excluding hydrogens is 298 g/mol. The monoisotopic (exact) mass is 311 g/mol. The molecule has 0 aliphatic carbocycles. The molecular formula is C13H13NO8. The van der Waals surface area contributed by atoms with E-state index in [9.17, 15) is 19.2 Å². The van der Waals surface area contributed by atoms with E-state index in [2.05, 4.69) is 4.98 Å². The van der Waals surface area contributed by atoms with Crippen molar-refractivity contribution in [3.8, 4) is 0 Å². The van der Waals surface area contributed by atoms with E-state index in [1.807, 2.05) is 0 Å². The van der Waals surface area contributed by atoms with Gasteiger partial charge in [-0.3, -0.25) is 24.2 Å². The summed E-state index contributed by atoms with van der Waals surface area (Å²) in [5, 5.41) is 35.6. The molecule has 1 heterocycles. The SMILES string of the molecule is O=C(O)CC(C(=O)O)c1ccnc(C(CC(=O)O)C(=O)O)c1. The summed E-state index contributed by atoms with van der Waals surface area (Å²) in [6.45, 7) is 0. The van der Waals surface area contributed by atoms with Gasteiger partial charge in [0.15, 0.2) is 0 Å². The minimum atomic E-state index is -1.45. The molecule has 1 rings (SSSR count). The number of nitrogens with zero attached hydrogens (tertiary/aromatic N) is 1. The molecule has 0 bridgehead atoms. The first kappa shape index (κ1) is 17.1. The Hall–Kier alpha value is -2.97. The van der Waals surface area contributed by atoms with Crippen LogP contribution in [0.4, 0.5) is 0 Å². The summed E-state index contributed by atoms with van der Waals surface area (Å²) >= 11 is 0. The molecule has 4 N–H and O–H groups in total. The topological polar surface area (TPSA) is 162 Å². The molecule has 118 valence electrons. The Morgan fingerprint density at radius 2 is 1.41 bits per heavy atom. The third-order valence-corrected chi connectivity index (χ3v) is 2.92. The zero-order valence-corrected chi connectivity index (χ0v) is 11.2. The predicted octanol–water partition coefficient (Wildman–Crippen LogP) is 0.367. The van der Waals surface area contributed by atoms with Gasteiger partial charge in [0, 0.05) is 6.20 Å². The fraction of sp³-hybridized carbons (Fsp3) is 0.308. The molecule has 9 nitrogen and oxygen atoms in total. The maximum atomic E-state index is 11.1. The van der Waals surface area contributed by atoms with Crippen molar-refractivity contribution in [1.29, 1.82) is 0 Å². The number of rotatable bonds is 8. The molecule has 9 heteroatoms. The van der Waals surface area contributed by atoms with Gasteiger partial charge in [-0.2, -0.15) is 0 Å². The quantitative estimate of drug-likeness (QED) is 0.531. The Morgan fingerprint density at radius 3 is 1.86 bits per heavy atom. The first-order valence-corrected chi connectivity index (χ1v) is 6.07. The molecule has 0 fully saturated rings. The van der Waals surface area contributed by atoms with Crippen molar-refractivity contribution in [3.63, 3.8) is 0 Å². The van der Waals surface area contributed by atoms with Crippen LogP contribution in [-0.4, -0.2) is 49.3 Å². The van der Waals surface area contributed by atoms with Crippen LogP contribution < -0.4 is 0 Å². The largest absolute Gasteiger partial charge is 0.481 e. The molecule has 1 aromatic heterocycles. The van der Waals surface area contributed by atoms with E-state index in [-0.39, 0.29) is 11.3 Å². The molecule has 0 radical (unpaired) electrons. The maximum absolute atomic E-state index is 11.1. The van der Waals surface area contributed by atoms with Crippen LogP contribution in [0.1, 0.15) is 35.9 Å². The van der Waals surface area contributed by atoms with Crippen LogP contribution in [0.5, 0.6) is 0 Å². The van der Waals surface area contributed by atoms with Crippen molar-refractivity contribution < 1.29 is 39.6 Å². The minimum Gasteiger partial charge on any atom is -0.481 e. The standard InChI is InChI=1S/C13H13NO8/c15-10(16)4-7(12(19)20)6-1-2-14-9(3-6)8(13(21)22)5-11(17)18/h1-3,7-8H,4-5H2,(H,15,16)(H,17,18)(H,19,20)(H,21,22). The lowest BCUT2D eigenvalue weighted by Gasteiger charge is -2.14. The molecule has 0 saturated heterocycles. The smallest absolute Gasteiger partial charge is 0.313 e. The first-order chi connectivity index (χ1) is 10.2. The second-order valence-electron chi connectivity index (χ2n) is 4.49. The van der Waals surface area contributed by atoms with Crippen molar-refractivity contribution in [2.24, 2.45) is 0 Å². The number of aliphatic carboxylic acids is 4. The second kappa shape index (κ2) is 7.16. The second-order valence-corrected chi connectivity index (χ2v) is 4.49. The highest BCUT2D eigenvalue weighted by atomic mass is 16.4. The Kier molecular flexibility index (Phi) is 5.56. The molecule has 0 aromatic carbocycles. The summed E-state index contributed by atoms with van der Waals surface area (Å²) in [6.07, 6.45) is -0.280. The molecule has 2 unspecified atom stereocenters. The van der Waals surface area contributed by atoms with Gasteiger partial charge in [0.25, 0.3) is 0 Å². The fourth-order valence-electron chi connectivity index (χ4n) is 1.89. The van der Waals surface area contributed by atoms with E-state index in [0.29, 0.717) is 0 Å². The van der Waals surface area contributed by atoms with Crippen LogP contribution >= 0.6 is 0 Å². The summed E-state index contributed by atoms with van der Waals surface area (Å²) in [6, 6.07) is 2.37. The van der Waals surface area contributed by atoms with E-state index < -0.39 is 48.6 Å². The van der Waals surface area contributed by atoms with Crippen LogP contribution in [0, 0.1) is 0 Å². The van der Waals surface area contributed by atoms with E-state index in [0.717, 1.165) is 12.3 Å². The van der Waals surface area contributed by atoms with E-state index in [1.54, 1.807) is 0 Å². The predicted molar refractivity (Wildman–Crippen MR) is 69.5 cm³/mol. The summed E-state index contributed by atoms with van der Waals surface area (Å²) in [7, 11) is 0. The Balaban J connectivity index is 3.20. The lowest BCUT2D eigenvalue weighted by Crippen LogP contribution is -2.19. The lowest BCUT2D eigenvalue weighted by atomic mass is 9.93. The summed E-state index contributed by atoms with van der Waals surface area (Å²) in [4.78, 5) is 47.4. The molecule has 2 atom stereocenters. The van der Waals surface area contributed by atoms with Gasteiger partial charge in [-0.25, -0.2) is 0 Å². The Labute approximate surface area is 123 Å². The van der Waals surface area contributed by atoms with Gasteiger partial charge in [-0.1, -0.05) is 0 Å².